The zero-order valence-corrected chi connectivity index (χ0v) is 71.0. The molecule has 103 heavy (non-hydrogen) atoms. The monoisotopic (exact) mass is 1480 g/mol. The Morgan fingerprint density at radius 3 is 0.796 bits per heavy atom. The third-order valence-corrected chi connectivity index (χ3v) is 20.9. The van der Waals surface area contributed by atoms with Gasteiger partial charge in [0.15, 0.2) is 0 Å². The summed E-state index contributed by atoms with van der Waals surface area (Å²) in [6, 6.07) is 0.817. The molecule has 8 saturated heterocycles. The smallest absolute Gasteiger partial charge is 0.225 e. The lowest BCUT2D eigenvalue weighted by Crippen LogP contribution is -2.49. The normalized spacial score (nSPS) is 20.1. The van der Waals surface area contributed by atoms with Crippen LogP contribution in [0.15, 0.2) is 13.2 Å². The van der Waals surface area contributed by atoms with Crippen molar-refractivity contribution < 1.29 is 42.0 Å². The third-order valence-electron chi connectivity index (χ3n) is 19.6. The zero-order chi connectivity index (χ0) is 78.9. The van der Waals surface area contributed by atoms with Gasteiger partial charge in [0, 0.05) is 212 Å². The molecule has 8 heterocycles. The largest absolute Gasteiger partial charge is 0.353 e. The van der Waals surface area contributed by atoms with Crippen LogP contribution in [0.1, 0.15) is 163 Å². The van der Waals surface area contributed by atoms with Gasteiger partial charge in [-0.05, 0) is 118 Å². The highest BCUT2D eigenvalue weighted by Crippen LogP contribution is 2.18. The molecule has 0 aliphatic carbocycles. The van der Waals surface area contributed by atoms with E-state index in [2.05, 4.69) is 128 Å². The number of rotatable bonds is 13. The number of piperazine rings is 5. The quantitative estimate of drug-likeness (QED) is 0.184. The van der Waals surface area contributed by atoms with Crippen molar-refractivity contribution in [2.45, 2.75) is 175 Å². The van der Waals surface area contributed by atoms with Gasteiger partial charge in [0.1, 0.15) is 0 Å². The van der Waals surface area contributed by atoms with Crippen LogP contribution in [0, 0.1) is 53.3 Å². The number of carbonyl (C=O) groups excluding carboxylic acids is 7. The van der Waals surface area contributed by atoms with Crippen molar-refractivity contribution in [1.82, 2.24) is 73.7 Å². The Bertz CT molecular complexity index is 2230. The van der Waals surface area contributed by atoms with Crippen molar-refractivity contribution in [2.75, 3.05) is 225 Å². The lowest BCUT2D eigenvalue weighted by molar-refractivity contribution is -0.136. The van der Waals surface area contributed by atoms with E-state index in [0.29, 0.717) is 54.7 Å². The summed E-state index contributed by atoms with van der Waals surface area (Å²) in [5.41, 5.74) is 0. The summed E-state index contributed by atoms with van der Waals surface area (Å²) < 4.78 is 24.0. The van der Waals surface area contributed by atoms with E-state index in [0.717, 1.165) is 208 Å². The van der Waals surface area contributed by atoms with E-state index in [1.54, 1.807) is 11.2 Å². The number of likely N-dealkylation sites (tertiary alicyclic amines) is 3. The maximum Gasteiger partial charge on any atom is 0.225 e. The second-order valence-electron chi connectivity index (χ2n) is 32.6. The van der Waals surface area contributed by atoms with Gasteiger partial charge in [-0.1, -0.05) is 118 Å². The van der Waals surface area contributed by atoms with Crippen LogP contribution in [0.2, 0.25) is 0 Å². The first kappa shape index (κ1) is 98.7. The lowest BCUT2D eigenvalue weighted by Gasteiger charge is -2.34. The summed E-state index contributed by atoms with van der Waals surface area (Å²) >= 11 is 0. The topological polar surface area (TPSA) is 220 Å². The first-order valence-corrected chi connectivity index (χ1v) is 41.3. The molecule has 0 aromatic rings. The van der Waals surface area contributed by atoms with E-state index in [-0.39, 0.29) is 53.2 Å². The molecule has 8 aliphatic heterocycles. The molecule has 25 heteroatoms. The first-order chi connectivity index (χ1) is 48.1. The van der Waals surface area contributed by atoms with Crippen molar-refractivity contribution >= 4 is 51.4 Å². The Morgan fingerprint density at radius 1 is 0.340 bits per heavy atom. The van der Waals surface area contributed by atoms with Crippen LogP contribution in [0.25, 0.3) is 0 Å². The Labute approximate surface area is 630 Å². The summed E-state index contributed by atoms with van der Waals surface area (Å²) in [7, 11) is 7.56. The lowest BCUT2D eigenvalue weighted by atomic mass is 9.98. The molecule has 0 bridgehead atoms. The fraction of sp³-hybridized carbons (Fsp3) is 0.885. The SMILES string of the molecule is C=C.CC(=O)N1CCN(CC(C)C)CC1.CC(C)C(=O)N1CCN(C)CC1.CC(C)C(=O)N1CCN(C)CC1.CC(C)C(=O)N1CCN(C)CC1.CC(C)C(=O)NC1CCN(C)CC1.CC(C)C(=O)NC1CCN(C)CC1.CC(C)CN1CCN(S(C)(=O)=O)CC1.CC1CCN(C(=O)C(C)C)CC1. The van der Waals surface area contributed by atoms with Gasteiger partial charge in [0.2, 0.25) is 51.4 Å². The van der Waals surface area contributed by atoms with Gasteiger partial charge in [0.05, 0.1) is 6.26 Å². The van der Waals surface area contributed by atoms with E-state index in [1.807, 2.05) is 108 Å². The van der Waals surface area contributed by atoms with E-state index < -0.39 is 10.0 Å². The van der Waals surface area contributed by atoms with Crippen LogP contribution in [0.5, 0.6) is 0 Å². The number of sulfonamides is 1. The molecule has 8 aliphatic rings. The Kier molecular flexibility index (Phi) is 51.2. The van der Waals surface area contributed by atoms with Gasteiger partial charge in [-0.25, -0.2) is 8.42 Å². The molecule has 0 atom stereocenters. The maximum atomic E-state index is 11.5. The highest BCUT2D eigenvalue weighted by Gasteiger charge is 2.28. The predicted octanol–water partition coefficient (Wildman–Crippen LogP) is 6.68. The molecular formula is C78H157N15O9S. The molecular weight excluding hydrogens is 1320 g/mol. The van der Waals surface area contributed by atoms with Crippen LogP contribution in [-0.2, 0) is 43.6 Å². The Hall–Kier alpha value is -4.34. The molecule has 7 amide bonds. The second kappa shape index (κ2) is 53.4. The number of hydrogen-bond acceptors (Lipinski definition) is 16. The number of amides is 7. The Morgan fingerprint density at radius 2 is 0.573 bits per heavy atom. The molecule has 0 saturated carbocycles. The molecule has 0 radical (unpaired) electrons. The van der Waals surface area contributed by atoms with Crippen molar-refractivity contribution in [3.8, 4) is 0 Å². The highest BCUT2D eigenvalue weighted by molar-refractivity contribution is 7.88. The minimum absolute atomic E-state index is 0.111. The molecule has 8 rings (SSSR count). The fourth-order valence-electron chi connectivity index (χ4n) is 12.3. The minimum atomic E-state index is -2.97. The fourth-order valence-corrected chi connectivity index (χ4v) is 13.2. The van der Waals surface area contributed by atoms with Gasteiger partial charge in [-0.3, -0.25) is 38.5 Å². The van der Waals surface area contributed by atoms with Crippen LogP contribution in [0.4, 0.5) is 0 Å². The van der Waals surface area contributed by atoms with E-state index in [9.17, 15) is 42.0 Å². The number of carbonyl (C=O) groups is 7. The Balaban J connectivity index is 0.00000115. The molecule has 0 aromatic carbocycles. The van der Waals surface area contributed by atoms with Crippen molar-refractivity contribution in [3.05, 3.63) is 13.2 Å². The van der Waals surface area contributed by atoms with Crippen LogP contribution >= 0.6 is 0 Å². The second-order valence-corrected chi connectivity index (χ2v) is 34.5. The average molecular weight is 1480 g/mol. The number of nitrogens with one attached hydrogen (secondary N) is 2. The zero-order valence-electron chi connectivity index (χ0n) is 70.2. The summed E-state index contributed by atoms with van der Waals surface area (Å²) in [5, 5.41) is 6.15. The standard InChI is InChI=1S/3C10H20N2O.C10H19NO.C9H20N2O2S.3C9H18N2O.C2H4/c1-9(2)8-11-4-6-12(7-5-11)10(3)13;2*1-8(2)10(13)11-9-4-6-12(3)7-5-9;1-8(2)10(12)11-6-4-9(3)5-7-11;1-9(2)8-10-4-6-11(7-5-10)14(3,12)13;3*1-8(2)9(12)11-6-4-10(3)5-7-11;1-2/h9H,4-8H2,1-3H3;2*8-9H,4-7H2,1-3H3,(H,11,13);8-9H,4-7H2,1-3H3;9H,4-8H2,1-3H3;3*8H,4-7H2,1-3H3;1-2H2. The predicted molar refractivity (Wildman–Crippen MR) is 426 cm³/mol. The third kappa shape index (κ3) is 44.5. The van der Waals surface area contributed by atoms with Gasteiger partial charge < -0.3 is 64.5 Å². The minimum Gasteiger partial charge on any atom is -0.353 e. The molecule has 0 aromatic heterocycles. The van der Waals surface area contributed by atoms with Crippen molar-refractivity contribution in [3.63, 3.8) is 0 Å². The van der Waals surface area contributed by atoms with Gasteiger partial charge >= 0.3 is 0 Å². The van der Waals surface area contributed by atoms with Crippen molar-refractivity contribution in [2.24, 2.45) is 53.3 Å². The number of nitrogens with zero attached hydrogens (tertiary/aromatic N) is 13. The average Bonchev–Trinajstić information content (AvgIpc) is 0.853. The van der Waals surface area contributed by atoms with E-state index in [1.165, 1.54) is 19.1 Å². The molecule has 604 valence electrons. The maximum absolute atomic E-state index is 11.5. The van der Waals surface area contributed by atoms with Gasteiger partial charge in [-0.2, -0.15) is 4.31 Å². The van der Waals surface area contributed by atoms with Gasteiger partial charge in [-0.15, -0.1) is 13.2 Å². The van der Waals surface area contributed by atoms with E-state index in [4.69, 9.17) is 0 Å². The molecule has 0 spiro atoms. The highest BCUT2D eigenvalue weighted by atomic mass is 32.2. The summed E-state index contributed by atoms with van der Waals surface area (Å²) in [4.78, 5) is 106. The van der Waals surface area contributed by atoms with Gasteiger partial charge in [0.25, 0.3) is 0 Å². The first-order valence-electron chi connectivity index (χ1n) is 39.5. The van der Waals surface area contributed by atoms with Crippen molar-refractivity contribution in [1.29, 1.82) is 0 Å². The number of piperidine rings is 3. The number of hydrogen-bond donors (Lipinski definition) is 2. The molecule has 2 N–H and O–H groups in total. The molecule has 0 unspecified atom stereocenters. The van der Waals surface area contributed by atoms with Crippen LogP contribution < -0.4 is 10.6 Å². The summed E-state index contributed by atoms with van der Waals surface area (Å²) in [5.74, 6) is 4.81. The summed E-state index contributed by atoms with van der Waals surface area (Å²) in [6.07, 6.45) is 8.01. The molecule has 24 nitrogen and oxygen atoms in total. The van der Waals surface area contributed by atoms with E-state index >= 15 is 0 Å². The number of likely N-dealkylation sites (N-methyl/N-ethyl adjacent to an activating group) is 3. The van der Waals surface area contributed by atoms with Crippen LogP contribution in [-0.4, -0.2) is 350 Å². The summed E-state index contributed by atoms with van der Waals surface area (Å²) in [6.45, 7) is 69.1. The molecule has 8 fully saturated rings. The van der Waals surface area contributed by atoms with Crippen LogP contribution in [0.3, 0.4) is 0 Å².